The average molecular weight is 292 g/mol. The summed E-state index contributed by atoms with van der Waals surface area (Å²) in [7, 11) is 1.91. The van der Waals surface area contributed by atoms with Gasteiger partial charge in [-0.1, -0.05) is 25.2 Å². The van der Waals surface area contributed by atoms with E-state index >= 15 is 0 Å². The van der Waals surface area contributed by atoms with Crippen LogP contribution in [0.15, 0.2) is 17.1 Å². The first-order valence-electron chi connectivity index (χ1n) is 6.51. The van der Waals surface area contributed by atoms with Crippen molar-refractivity contribution in [3.63, 3.8) is 0 Å². The van der Waals surface area contributed by atoms with Crippen molar-refractivity contribution in [1.82, 2.24) is 4.57 Å². The van der Waals surface area contributed by atoms with Crippen molar-refractivity contribution in [2.75, 3.05) is 6.79 Å². The molecule has 0 atom stereocenters. The second kappa shape index (κ2) is 4.94. The number of aromatic nitrogens is 1. The van der Waals surface area contributed by atoms with Crippen molar-refractivity contribution < 1.29 is 14.3 Å². The van der Waals surface area contributed by atoms with Crippen LogP contribution in [-0.2, 0) is 11.8 Å². The van der Waals surface area contributed by atoms with Gasteiger partial charge in [0.1, 0.15) is 0 Å². The number of nitrogens with zero attached hydrogens (tertiary/aromatic N) is 2. The van der Waals surface area contributed by atoms with Crippen LogP contribution in [0.1, 0.15) is 20.3 Å². The summed E-state index contributed by atoms with van der Waals surface area (Å²) in [6.07, 6.45) is 0.469. The molecule has 0 aliphatic carbocycles. The SMILES string of the molecule is CC(C)CC(=O)N=c1sc2cc3c(cc2n1C)OCO3. The fourth-order valence-electron chi connectivity index (χ4n) is 2.13. The molecular weight excluding hydrogens is 276 g/mol. The summed E-state index contributed by atoms with van der Waals surface area (Å²) in [5.74, 6) is 1.73. The number of fused-ring (bicyclic) bond motifs is 2. The summed E-state index contributed by atoms with van der Waals surface area (Å²) >= 11 is 1.49. The lowest BCUT2D eigenvalue weighted by Crippen LogP contribution is -2.13. The first-order chi connectivity index (χ1) is 9.54. The lowest BCUT2D eigenvalue weighted by molar-refractivity contribution is -0.118. The highest BCUT2D eigenvalue weighted by atomic mass is 32.1. The van der Waals surface area contributed by atoms with Crippen LogP contribution in [0.4, 0.5) is 0 Å². The molecule has 1 aliphatic heterocycles. The summed E-state index contributed by atoms with van der Waals surface area (Å²) in [5, 5.41) is 0. The molecule has 5 nitrogen and oxygen atoms in total. The van der Waals surface area contributed by atoms with E-state index in [1.807, 2.05) is 37.6 Å². The van der Waals surface area contributed by atoms with Gasteiger partial charge in [0.15, 0.2) is 16.3 Å². The van der Waals surface area contributed by atoms with E-state index in [4.69, 9.17) is 9.47 Å². The number of amides is 1. The van der Waals surface area contributed by atoms with E-state index in [1.54, 1.807) is 0 Å². The zero-order valence-corrected chi connectivity index (χ0v) is 12.5. The van der Waals surface area contributed by atoms with Gasteiger partial charge in [-0.2, -0.15) is 4.99 Å². The number of hydrogen-bond donors (Lipinski definition) is 0. The van der Waals surface area contributed by atoms with Crippen LogP contribution >= 0.6 is 11.3 Å². The number of hydrogen-bond acceptors (Lipinski definition) is 4. The predicted octanol–water partition coefficient (Wildman–Crippen LogP) is 2.44. The third-order valence-corrected chi connectivity index (χ3v) is 4.20. The van der Waals surface area contributed by atoms with E-state index in [9.17, 15) is 4.79 Å². The molecule has 1 aromatic heterocycles. The van der Waals surface area contributed by atoms with Crippen LogP contribution in [-0.4, -0.2) is 17.3 Å². The number of thiazole rings is 1. The Morgan fingerprint density at radius 2 is 2.10 bits per heavy atom. The summed E-state index contributed by atoms with van der Waals surface area (Å²) in [6, 6.07) is 3.87. The standard InChI is InChI=1S/C14H16N2O3S/c1-8(2)4-13(17)15-14-16(3)9-5-10-11(19-7-18-10)6-12(9)20-14/h5-6,8H,4,7H2,1-3H3. The fraction of sp³-hybridized carbons (Fsp3) is 0.429. The monoisotopic (exact) mass is 292 g/mol. The lowest BCUT2D eigenvalue weighted by atomic mass is 10.1. The van der Waals surface area contributed by atoms with Crippen LogP contribution in [0.25, 0.3) is 10.2 Å². The average Bonchev–Trinajstić information content (AvgIpc) is 2.92. The van der Waals surface area contributed by atoms with Gasteiger partial charge in [0.2, 0.25) is 12.7 Å². The molecule has 0 saturated heterocycles. The molecule has 1 aromatic carbocycles. The highest BCUT2D eigenvalue weighted by Gasteiger charge is 2.16. The third kappa shape index (κ3) is 2.31. The minimum atomic E-state index is -0.0813. The first kappa shape index (κ1) is 13.2. The Morgan fingerprint density at radius 3 is 2.80 bits per heavy atom. The van der Waals surface area contributed by atoms with E-state index in [2.05, 4.69) is 4.99 Å². The molecular formula is C14H16N2O3S. The molecule has 0 spiro atoms. The molecule has 3 rings (SSSR count). The zero-order valence-electron chi connectivity index (χ0n) is 11.7. The minimum Gasteiger partial charge on any atom is -0.454 e. The molecule has 0 bridgehead atoms. The topological polar surface area (TPSA) is 52.8 Å². The highest BCUT2D eigenvalue weighted by molar-refractivity contribution is 7.16. The second-order valence-electron chi connectivity index (χ2n) is 5.22. The maximum absolute atomic E-state index is 11.8. The van der Waals surface area contributed by atoms with E-state index in [-0.39, 0.29) is 12.7 Å². The largest absolute Gasteiger partial charge is 0.454 e. The smallest absolute Gasteiger partial charge is 0.248 e. The van der Waals surface area contributed by atoms with Gasteiger partial charge in [0.25, 0.3) is 0 Å². The number of ether oxygens (including phenoxy) is 2. The number of carbonyl (C=O) groups excluding carboxylic acids is 1. The van der Waals surface area contributed by atoms with Gasteiger partial charge in [-0.25, -0.2) is 0 Å². The molecule has 1 amide bonds. The summed E-state index contributed by atoms with van der Waals surface area (Å²) in [6.45, 7) is 4.29. The van der Waals surface area contributed by atoms with Crippen LogP contribution in [0.2, 0.25) is 0 Å². The molecule has 0 fully saturated rings. The van der Waals surface area contributed by atoms with Crippen LogP contribution in [0.5, 0.6) is 11.5 Å². The number of carbonyl (C=O) groups is 1. The highest BCUT2D eigenvalue weighted by Crippen LogP contribution is 2.36. The Bertz CT molecular complexity index is 743. The van der Waals surface area contributed by atoms with Crippen LogP contribution in [0.3, 0.4) is 0 Å². The third-order valence-electron chi connectivity index (χ3n) is 3.11. The summed E-state index contributed by atoms with van der Waals surface area (Å²) in [4.78, 5) is 16.7. The molecule has 6 heteroatoms. The van der Waals surface area contributed by atoms with Gasteiger partial charge >= 0.3 is 0 Å². The molecule has 2 heterocycles. The molecule has 2 aromatic rings. The van der Waals surface area contributed by atoms with Crippen molar-refractivity contribution >= 4 is 27.5 Å². The lowest BCUT2D eigenvalue weighted by Gasteiger charge is -1.99. The quantitative estimate of drug-likeness (QED) is 0.854. The van der Waals surface area contributed by atoms with Gasteiger partial charge in [-0.15, -0.1) is 0 Å². The van der Waals surface area contributed by atoms with Gasteiger partial charge < -0.3 is 14.0 Å². The van der Waals surface area contributed by atoms with Crippen molar-refractivity contribution in [3.05, 3.63) is 16.9 Å². The van der Waals surface area contributed by atoms with E-state index in [1.165, 1.54) is 11.3 Å². The molecule has 0 saturated carbocycles. The maximum Gasteiger partial charge on any atom is 0.248 e. The minimum absolute atomic E-state index is 0.0813. The predicted molar refractivity (Wildman–Crippen MR) is 76.9 cm³/mol. The summed E-state index contributed by atoms with van der Waals surface area (Å²) in [5.41, 5.74) is 0.996. The number of benzene rings is 1. The van der Waals surface area contributed by atoms with Gasteiger partial charge in [0, 0.05) is 25.6 Å². The molecule has 20 heavy (non-hydrogen) atoms. The molecule has 0 N–H and O–H groups in total. The van der Waals surface area contributed by atoms with Crippen LogP contribution in [0, 0.1) is 5.92 Å². The maximum atomic E-state index is 11.8. The van der Waals surface area contributed by atoms with E-state index in [0.29, 0.717) is 17.1 Å². The van der Waals surface area contributed by atoms with Crippen molar-refractivity contribution in [2.45, 2.75) is 20.3 Å². The van der Waals surface area contributed by atoms with E-state index < -0.39 is 0 Å². The molecule has 0 unspecified atom stereocenters. The molecule has 1 aliphatic rings. The van der Waals surface area contributed by atoms with Gasteiger partial charge in [-0.05, 0) is 5.92 Å². The van der Waals surface area contributed by atoms with Gasteiger partial charge in [0.05, 0.1) is 10.2 Å². The van der Waals surface area contributed by atoms with Crippen molar-refractivity contribution in [2.24, 2.45) is 18.0 Å². The van der Waals surface area contributed by atoms with Crippen LogP contribution < -0.4 is 14.3 Å². The van der Waals surface area contributed by atoms with Gasteiger partial charge in [-0.3, -0.25) is 4.79 Å². The zero-order chi connectivity index (χ0) is 14.3. The Hall–Kier alpha value is -1.82. The Balaban J connectivity index is 2.07. The molecule has 0 radical (unpaired) electrons. The Labute approximate surface area is 120 Å². The number of rotatable bonds is 2. The number of aryl methyl sites for hydroxylation is 1. The second-order valence-corrected chi connectivity index (χ2v) is 6.23. The van der Waals surface area contributed by atoms with E-state index in [0.717, 1.165) is 21.7 Å². The van der Waals surface area contributed by atoms with Crippen molar-refractivity contribution in [3.8, 4) is 11.5 Å². The molecule has 106 valence electrons. The normalized spacial score (nSPS) is 14.5. The Kier molecular flexibility index (Phi) is 3.25. The summed E-state index contributed by atoms with van der Waals surface area (Å²) < 4.78 is 13.7. The Morgan fingerprint density at radius 1 is 1.40 bits per heavy atom. The fourth-order valence-corrected chi connectivity index (χ4v) is 3.17. The first-order valence-corrected chi connectivity index (χ1v) is 7.33. The van der Waals surface area contributed by atoms with Crippen molar-refractivity contribution in [1.29, 1.82) is 0 Å².